The lowest BCUT2D eigenvalue weighted by Crippen LogP contribution is -2.30. The monoisotopic (exact) mass is 351 g/mol. The zero-order valence-electron chi connectivity index (χ0n) is 12.9. The molecule has 0 aliphatic rings. The molecule has 2 atom stereocenters. The van der Waals surface area contributed by atoms with Crippen LogP contribution in [0.1, 0.15) is 52.0 Å². The summed E-state index contributed by atoms with van der Waals surface area (Å²) in [4.78, 5) is 12.8. The summed E-state index contributed by atoms with van der Waals surface area (Å²) in [7, 11) is 1.59. The molecule has 1 aromatic heterocycles. The molecule has 1 N–H and O–H groups in total. The van der Waals surface area contributed by atoms with Gasteiger partial charge in [-0.2, -0.15) is 0 Å². The lowest BCUT2D eigenvalue weighted by atomic mass is 9.80. The van der Waals surface area contributed by atoms with Crippen LogP contribution in [0.4, 0.5) is 0 Å². The highest BCUT2D eigenvalue weighted by Crippen LogP contribution is 2.30. The number of carbonyl (C=O) groups is 1. The Labute approximate surface area is 135 Å². The molecular formula is C14H22ClNO3S2. The molecule has 4 nitrogen and oxygen atoms in total. The van der Waals surface area contributed by atoms with Crippen molar-refractivity contribution < 1.29 is 13.2 Å². The summed E-state index contributed by atoms with van der Waals surface area (Å²) in [5.74, 6) is 0.223. The minimum Gasteiger partial charge on any atom is -0.349 e. The molecule has 0 fully saturated rings. The Bertz CT molecular complexity index is 602. The van der Waals surface area contributed by atoms with Crippen LogP contribution < -0.4 is 5.32 Å². The van der Waals surface area contributed by atoms with Gasteiger partial charge in [-0.25, -0.2) is 8.42 Å². The van der Waals surface area contributed by atoms with Crippen molar-refractivity contribution in [2.75, 3.05) is 0 Å². The lowest BCUT2D eigenvalue weighted by Gasteiger charge is -2.27. The molecule has 0 aliphatic heterocycles. The van der Waals surface area contributed by atoms with E-state index in [0.29, 0.717) is 6.42 Å². The van der Waals surface area contributed by atoms with Gasteiger partial charge in [0.25, 0.3) is 9.05 Å². The van der Waals surface area contributed by atoms with Crippen molar-refractivity contribution in [2.45, 2.75) is 51.3 Å². The van der Waals surface area contributed by atoms with Crippen molar-refractivity contribution >= 4 is 37.0 Å². The number of rotatable bonds is 5. The van der Waals surface area contributed by atoms with Gasteiger partial charge in [0.05, 0.1) is 6.04 Å². The van der Waals surface area contributed by atoms with Crippen LogP contribution in [0.15, 0.2) is 16.3 Å². The molecule has 1 aromatic rings. The molecule has 120 valence electrons. The van der Waals surface area contributed by atoms with Crippen molar-refractivity contribution in [3.8, 4) is 0 Å². The van der Waals surface area contributed by atoms with E-state index >= 15 is 0 Å². The molecule has 0 radical (unpaired) electrons. The van der Waals surface area contributed by atoms with Gasteiger partial charge in [-0.05, 0) is 30.4 Å². The van der Waals surface area contributed by atoms with Crippen molar-refractivity contribution in [3.05, 3.63) is 17.0 Å². The summed E-state index contributed by atoms with van der Waals surface area (Å²) in [6, 6.07) is 2.91. The molecule has 0 bridgehead atoms. The van der Waals surface area contributed by atoms with E-state index in [1.54, 1.807) is 6.07 Å². The van der Waals surface area contributed by atoms with Crippen LogP contribution in [-0.4, -0.2) is 14.3 Å². The fourth-order valence-corrected chi connectivity index (χ4v) is 3.75. The first-order valence-corrected chi connectivity index (χ1v) is 9.87. The molecule has 0 spiro atoms. The second-order valence-electron chi connectivity index (χ2n) is 6.36. The van der Waals surface area contributed by atoms with Gasteiger partial charge in [0.2, 0.25) is 5.91 Å². The molecular weight excluding hydrogens is 330 g/mol. The predicted octanol–water partition coefficient (Wildman–Crippen LogP) is 3.93. The maximum absolute atomic E-state index is 12.0. The highest BCUT2D eigenvalue weighted by molar-refractivity contribution is 8.15. The van der Waals surface area contributed by atoms with Crippen LogP contribution >= 0.6 is 22.0 Å². The standard InChI is InChI=1S/C14H22ClNO3S2/c1-9(14(3,4)5)8-12(17)16-10(2)11-6-7-13(20-11)21(15,18)19/h6-7,9-10H,8H2,1-5H3,(H,16,17). The van der Waals surface area contributed by atoms with E-state index in [2.05, 4.69) is 26.1 Å². The molecule has 0 saturated carbocycles. The summed E-state index contributed by atoms with van der Waals surface area (Å²) in [5.41, 5.74) is 0.0728. The highest BCUT2D eigenvalue weighted by Gasteiger charge is 2.24. The third-order valence-electron chi connectivity index (χ3n) is 3.62. The topological polar surface area (TPSA) is 63.2 Å². The van der Waals surface area contributed by atoms with Crippen molar-refractivity contribution in [1.82, 2.24) is 5.32 Å². The van der Waals surface area contributed by atoms with Gasteiger partial charge in [-0.15, -0.1) is 11.3 Å². The number of nitrogens with one attached hydrogen (secondary N) is 1. The second kappa shape index (κ2) is 6.67. The first kappa shape index (κ1) is 18.5. The number of halogens is 1. The molecule has 1 rings (SSSR count). The normalized spacial score (nSPS) is 15.5. The Morgan fingerprint density at radius 2 is 1.90 bits per heavy atom. The van der Waals surface area contributed by atoms with Crippen LogP contribution in [0.3, 0.4) is 0 Å². The van der Waals surface area contributed by atoms with Gasteiger partial charge in [0.1, 0.15) is 4.21 Å². The Morgan fingerprint density at radius 3 is 2.33 bits per heavy atom. The average molecular weight is 352 g/mol. The van der Waals surface area contributed by atoms with E-state index in [0.717, 1.165) is 16.2 Å². The summed E-state index contributed by atoms with van der Waals surface area (Å²) < 4.78 is 22.6. The second-order valence-corrected chi connectivity index (χ2v) is 10.3. The van der Waals surface area contributed by atoms with Crippen molar-refractivity contribution in [2.24, 2.45) is 11.3 Å². The first-order valence-electron chi connectivity index (χ1n) is 6.75. The summed E-state index contributed by atoms with van der Waals surface area (Å²) in [5, 5.41) is 2.90. The van der Waals surface area contributed by atoms with Crippen LogP contribution in [0.25, 0.3) is 0 Å². The highest BCUT2D eigenvalue weighted by atomic mass is 35.7. The molecule has 0 aliphatic carbocycles. The number of carbonyl (C=O) groups excluding carboxylic acids is 1. The van der Waals surface area contributed by atoms with Crippen molar-refractivity contribution in [1.29, 1.82) is 0 Å². The van der Waals surface area contributed by atoms with Gasteiger partial charge in [0.15, 0.2) is 0 Å². The van der Waals surface area contributed by atoms with E-state index in [4.69, 9.17) is 10.7 Å². The third kappa shape index (κ3) is 5.60. The van der Waals surface area contributed by atoms with E-state index in [1.807, 2.05) is 13.8 Å². The summed E-state index contributed by atoms with van der Waals surface area (Å²) >= 11 is 1.08. The molecule has 0 saturated heterocycles. The number of thiophene rings is 1. The fourth-order valence-electron chi connectivity index (χ4n) is 1.65. The van der Waals surface area contributed by atoms with Crippen LogP contribution in [0.5, 0.6) is 0 Å². The van der Waals surface area contributed by atoms with Gasteiger partial charge < -0.3 is 5.32 Å². The van der Waals surface area contributed by atoms with Crippen LogP contribution in [0.2, 0.25) is 0 Å². The minimum absolute atomic E-state index is 0.0337. The Hall–Kier alpha value is -0.590. The maximum Gasteiger partial charge on any atom is 0.270 e. The van der Waals surface area contributed by atoms with Gasteiger partial charge in [0, 0.05) is 22.0 Å². The molecule has 7 heteroatoms. The molecule has 0 aromatic carbocycles. The van der Waals surface area contributed by atoms with E-state index in [9.17, 15) is 13.2 Å². The van der Waals surface area contributed by atoms with E-state index in [-0.39, 0.29) is 27.5 Å². The van der Waals surface area contributed by atoms with E-state index < -0.39 is 9.05 Å². The van der Waals surface area contributed by atoms with Crippen LogP contribution in [-0.2, 0) is 13.8 Å². The largest absolute Gasteiger partial charge is 0.349 e. The Kier molecular flexibility index (Phi) is 5.86. The molecule has 2 unspecified atom stereocenters. The lowest BCUT2D eigenvalue weighted by molar-refractivity contribution is -0.123. The Balaban J connectivity index is 2.67. The zero-order valence-corrected chi connectivity index (χ0v) is 15.3. The fraction of sp³-hybridized carbons (Fsp3) is 0.643. The quantitative estimate of drug-likeness (QED) is 0.817. The summed E-state index contributed by atoms with van der Waals surface area (Å²) in [6.45, 7) is 10.2. The van der Waals surface area contributed by atoms with E-state index in [1.165, 1.54) is 6.07 Å². The Morgan fingerprint density at radius 1 is 1.33 bits per heavy atom. The predicted molar refractivity (Wildman–Crippen MR) is 87.2 cm³/mol. The minimum atomic E-state index is -3.70. The number of hydrogen-bond donors (Lipinski definition) is 1. The number of amides is 1. The average Bonchev–Trinajstić information content (AvgIpc) is 2.75. The van der Waals surface area contributed by atoms with Crippen molar-refractivity contribution in [3.63, 3.8) is 0 Å². The first-order chi connectivity index (χ1) is 9.41. The van der Waals surface area contributed by atoms with Gasteiger partial charge in [-0.3, -0.25) is 4.79 Å². The van der Waals surface area contributed by atoms with Gasteiger partial charge >= 0.3 is 0 Å². The van der Waals surface area contributed by atoms with Crippen LogP contribution in [0, 0.1) is 11.3 Å². The summed E-state index contributed by atoms with van der Waals surface area (Å²) in [6.07, 6.45) is 0.444. The SMILES string of the molecule is CC(NC(=O)CC(C)C(C)(C)C)c1ccc(S(=O)(=O)Cl)s1. The smallest absolute Gasteiger partial charge is 0.270 e. The zero-order chi connectivity index (χ0) is 16.4. The maximum atomic E-state index is 12.0. The molecule has 21 heavy (non-hydrogen) atoms. The van der Waals surface area contributed by atoms with Gasteiger partial charge in [-0.1, -0.05) is 27.7 Å². The molecule has 1 heterocycles. The third-order valence-corrected chi connectivity index (χ3v) is 6.98. The number of hydrogen-bond acceptors (Lipinski definition) is 4. The molecule has 1 amide bonds.